The highest BCUT2D eigenvalue weighted by Crippen LogP contribution is 2.52. The van der Waals surface area contributed by atoms with Gasteiger partial charge in [-0.2, -0.15) is 0 Å². The first-order valence-electron chi connectivity index (χ1n) is 12.0. The minimum absolute atomic E-state index is 0.142. The highest BCUT2D eigenvalue weighted by molar-refractivity contribution is 5.88. The van der Waals surface area contributed by atoms with Crippen molar-refractivity contribution in [1.29, 1.82) is 0 Å². The third-order valence-electron chi connectivity index (χ3n) is 8.03. The van der Waals surface area contributed by atoms with Gasteiger partial charge in [0.25, 0.3) is 0 Å². The van der Waals surface area contributed by atoms with Crippen LogP contribution in [0.25, 0.3) is 0 Å². The smallest absolute Gasteiger partial charge is 0.348 e. The molecule has 5 rings (SSSR count). The van der Waals surface area contributed by atoms with Crippen LogP contribution in [0.1, 0.15) is 50.2 Å². The molecular weight excluding hydrogens is 402 g/mol. The van der Waals surface area contributed by atoms with Crippen molar-refractivity contribution in [3.05, 3.63) is 59.7 Å². The molecule has 2 fully saturated rings. The Balaban J connectivity index is 1.43. The molecule has 1 N–H and O–H groups in total. The Kier molecular flexibility index (Phi) is 5.30. The first-order valence-corrected chi connectivity index (χ1v) is 12.0. The molecule has 2 aromatic rings. The summed E-state index contributed by atoms with van der Waals surface area (Å²) >= 11 is 0. The molecule has 170 valence electrons. The first kappa shape index (κ1) is 21.5. The van der Waals surface area contributed by atoms with Crippen LogP contribution >= 0.6 is 0 Å². The largest absolute Gasteiger partial charge is 0.459 e. The molecule has 2 aliphatic carbocycles. The van der Waals surface area contributed by atoms with Crippen LogP contribution in [0.4, 0.5) is 0 Å². The van der Waals surface area contributed by atoms with Crippen molar-refractivity contribution < 1.29 is 23.9 Å². The molecule has 5 heteroatoms. The number of para-hydroxylation sites is 2. The standard InChI is InChI=1S/C27H34NO4/c1-4-5-16-28(2,3)25-18-14-15-19(25)24(17-18)32-26(29)27(30)20-10-6-8-12-22(20)31-23-13-9-7-11-21(23)27/h6-13,18-19,24-25,30H,4-5,14-17H2,1-3H3/q+1. The molecule has 2 bridgehead atoms. The molecule has 0 saturated heterocycles. The van der Waals surface area contributed by atoms with Crippen LogP contribution in [-0.4, -0.2) is 48.3 Å². The number of hydrogen-bond acceptors (Lipinski definition) is 4. The van der Waals surface area contributed by atoms with Crippen LogP contribution in [0.15, 0.2) is 48.5 Å². The van der Waals surface area contributed by atoms with Crippen molar-refractivity contribution in [3.8, 4) is 11.5 Å². The van der Waals surface area contributed by atoms with Crippen molar-refractivity contribution >= 4 is 5.97 Å². The molecule has 1 heterocycles. The maximum atomic E-state index is 13.7. The lowest BCUT2D eigenvalue weighted by atomic mass is 9.83. The molecule has 1 aliphatic heterocycles. The van der Waals surface area contributed by atoms with Crippen LogP contribution in [0.3, 0.4) is 0 Å². The number of quaternary nitrogens is 1. The predicted molar refractivity (Wildman–Crippen MR) is 122 cm³/mol. The van der Waals surface area contributed by atoms with E-state index < -0.39 is 11.6 Å². The Labute approximate surface area is 190 Å². The van der Waals surface area contributed by atoms with Gasteiger partial charge < -0.3 is 19.1 Å². The number of unbranched alkanes of at least 4 members (excludes halogenated alkanes) is 1. The normalized spacial score (nSPS) is 27.4. The van der Waals surface area contributed by atoms with E-state index in [4.69, 9.17) is 9.47 Å². The molecule has 2 aromatic carbocycles. The van der Waals surface area contributed by atoms with Gasteiger partial charge in [0, 0.05) is 23.0 Å². The number of carbonyl (C=O) groups is 1. The van der Waals surface area contributed by atoms with Gasteiger partial charge in [0.2, 0.25) is 5.60 Å². The zero-order valence-electron chi connectivity index (χ0n) is 19.3. The van der Waals surface area contributed by atoms with Gasteiger partial charge in [-0.3, -0.25) is 0 Å². The summed E-state index contributed by atoms with van der Waals surface area (Å²) in [6.07, 6.45) is 5.45. The van der Waals surface area contributed by atoms with E-state index in [-0.39, 0.29) is 6.10 Å². The zero-order valence-corrected chi connectivity index (χ0v) is 19.3. The van der Waals surface area contributed by atoms with E-state index >= 15 is 0 Å². The second kappa shape index (κ2) is 7.89. The molecule has 4 atom stereocenters. The van der Waals surface area contributed by atoms with Crippen LogP contribution in [-0.2, 0) is 15.1 Å². The molecule has 2 saturated carbocycles. The number of nitrogens with zero attached hydrogens (tertiary/aromatic N) is 1. The topological polar surface area (TPSA) is 55.8 Å². The lowest BCUT2D eigenvalue weighted by molar-refractivity contribution is -0.919. The second-order valence-corrected chi connectivity index (χ2v) is 10.3. The van der Waals surface area contributed by atoms with Gasteiger partial charge in [-0.15, -0.1) is 0 Å². The highest BCUT2D eigenvalue weighted by atomic mass is 16.6. The van der Waals surface area contributed by atoms with Gasteiger partial charge in [-0.1, -0.05) is 49.7 Å². The Bertz CT molecular complexity index is 971. The van der Waals surface area contributed by atoms with E-state index in [1.165, 1.54) is 19.3 Å². The number of fused-ring (bicyclic) bond motifs is 4. The number of carbonyl (C=O) groups excluding carboxylic acids is 1. The molecule has 4 unspecified atom stereocenters. The SMILES string of the molecule is CCCC[N+](C)(C)C1C2CCC1C(OC(=O)C1(O)c3ccccc3Oc3ccccc31)C2. The number of hydrogen-bond donors (Lipinski definition) is 1. The van der Waals surface area contributed by atoms with Crippen molar-refractivity contribution in [2.75, 3.05) is 20.6 Å². The lowest BCUT2D eigenvalue weighted by Crippen LogP contribution is -2.52. The second-order valence-electron chi connectivity index (χ2n) is 10.3. The molecule has 0 spiro atoms. The van der Waals surface area contributed by atoms with Crippen LogP contribution in [0.2, 0.25) is 0 Å². The summed E-state index contributed by atoms with van der Waals surface area (Å²) in [7, 11) is 4.66. The van der Waals surface area contributed by atoms with E-state index in [9.17, 15) is 9.90 Å². The zero-order chi connectivity index (χ0) is 22.5. The van der Waals surface area contributed by atoms with Crippen LogP contribution < -0.4 is 4.74 Å². The molecule has 5 nitrogen and oxygen atoms in total. The maximum Gasteiger partial charge on any atom is 0.348 e. The average molecular weight is 437 g/mol. The van der Waals surface area contributed by atoms with E-state index in [1.54, 1.807) is 24.3 Å². The van der Waals surface area contributed by atoms with Crippen molar-refractivity contribution in [2.24, 2.45) is 11.8 Å². The fourth-order valence-corrected chi connectivity index (χ4v) is 6.59. The quantitative estimate of drug-likeness (QED) is 0.531. The molecular formula is C27H34NO4+. The summed E-state index contributed by atoms with van der Waals surface area (Å²) in [4.78, 5) is 13.7. The fraction of sp³-hybridized carbons (Fsp3) is 0.519. The number of aliphatic hydroxyl groups is 1. The third-order valence-corrected chi connectivity index (χ3v) is 8.03. The van der Waals surface area contributed by atoms with E-state index in [2.05, 4.69) is 21.0 Å². The summed E-state index contributed by atoms with van der Waals surface area (Å²) in [6, 6.07) is 14.9. The van der Waals surface area contributed by atoms with Crippen LogP contribution in [0.5, 0.6) is 11.5 Å². The minimum Gasteiger partial charge on any atom is -0.459 e. The van der Waals surface area contributed by atoms with Gasteiger partial charge in [-0.05, 0) is 37.8 Å². The molecule has 0 amide bonds. The van der Waals surface area contributed by atoms with E-state index in [0.717, 1.165) is 23.9 Å². The van der Waals surface area contributed by atoms with E-state index in [0.29, 0.717) is 40.5 Å². The predicted octanol–water partition coefficient (Wildman–Crippen LogP) is 4.62. The monoisotopic (exact) mass is 436 g/mol. The van der Waals surface area contributed by atoms with Gasteiger partial charge in [-0.25, -0.2) is 4.79 Å². The first-order chi connectivity index (χ1) is 15.4. The van der Waals surface area contributed by atoms with Gasteiger partial charge in [0.05, 0.1) is 26.7 Å². The summed E-state index contributed by atoms with van der Waals surface area (Å²) in [5.41, 5.74) is -0.972. The number of ether oxygens (including phenoxy) is 2. The Morgan fingerprint density at radius 1 is 1.09 bits per heavy atom. The summed E-state index contributed by atoms with van der Waals surface area (Å²) in [5.74, 6) is 1.33. The number of esters is 1. The lowest BCUT2D eigenvalue weighted by Gasteiger charge is -2.39. The molecule has 32 heavy (non-hydrogen) atoms. The summed E-state index contributed by atoms with van der Waals surface area (Å²) < 4.78 is 13.1. The Hall–Kier alpha value is -2.37. The maximum absolute atomic E-state index is 13.7. The fourth-order valence-electron chi connectivity index (χ4n) is 6.59. The molecule has 0 aromatic heterocycles. The summed E-state index contributed by atoms with van der Waals surface area (Å²) in [6.45, 7) is 3.38. The van der Waals surface area contributed by atoms with Gasteiger partial charge in [0.1, 0.15) is 17.6 Å². The molecule has 0 radical (unpaired) electrons. The summed E-state index contributed by atoms with van der Waals surface area (Å²) in [5, 5.41) is 11.9. The van der Waals surface area contributed by atoms with Crippen molar-refractivity contribution in [3.63, 3.8) is 0 Å². The molecule has 3 aliphatic rings. The van der Waals surface area contributed by atoms with Crippen molar-refractivity contribution in [2.45, 2.75) is 56.8 Å². The van der Waals surface area contributed by atoms with Crippen LogP contribution in [0, 0.1) is 11.8 Å². The third kappa shape index (κ3) is 3.25. The Morgan fingerprint density at radius 2 is 1.72 bits per heavy atom. The number of rotatable bonds is 6. The van der Waals surface area contributed by atoms with E-state index in [1.807, 2.05) is 24.3 Å². The van der Waals surface area contributed by atoms with Gasteiger partial charge >= 0.3 is 5.97 Å². The minimum atomic E-state index is -1.87. The highest BCUT2D eigenvalue weighted by Gasteiger charge is 2.58. The Morgan fingerprint density at radius 3 is 2.34 bits per heavy atom. The van der Waals surface area contributed by atoms with Gasteiger partial charge in [0.15, 0.2) is 0 Å². The average Bonchev–Trinajstić information content (AvgIpc) is 3.37. The number of benzene rings is 2. The van der Waals surface area contributed by atoms with Crippen molar-refractivity contribution in [1.82, 2.24) is 0 Å².